The van der Waals surface area contributed by atoms with E-state index in [0.29, 0.717) is 5.56 Å². The van der Waals surface area contributed by atoms with Crippen LogP contribution in [-0.4, -0.2) is 15.7 Å². The maximum atomic E-state index is 12.1. The Morgan fingerprint density at radius 1 is 1.31 bits per heavy atom. The van der Waals surface area contributed by atoms with Crippen molar-refractivity contribution in [3.05, 3.63) is 50.9 Å². The molecule has 0 saturated heterocycles. The highest BCUT2D eigenvalue weighted by Gasteiger charge is 2.12. The molecule has 4 heteroatoms. The zero-order chi connectivity index (χ0) is 11.7. The van der Waals surface area contributed by atoms with Gasteiger partial charge in [-0.25, -0.2) is 4.68 Å². The lowest BCUT2D eigenvalue weighted by Gasteiger charge is -2.03. The molecule has 0 saturated carbocycles. The molecule has 2 rings (SSSR count). The molecule has 1 heterocycles. The van der Waals surface area contributed by atoms with Crippen LogP contribution in [0, 0.1) is 17.4 Å². The molecule has 0 atom stereocenters. The van der Waals surface area contributed by atoms with E-state index in [-0.39, 0.29) is 5.91 Å². The summed E-state index contributed by atoms with van der Waals surface area (Å²) in [6.45, 7) is 3.76. The van der Waals surface area contributed by atoms with E-state index in [9.17, 15) is 4.79 Å². The molecule has 0 aliphatic carbocycles. The molecule has 0 aliphatic rings. The topological polar surface area (TPSA) is 34.9 Å². The Hall–Kier alpha value is -1.17. The molecule has 0 amide bonds. The second kappa shape index (κ2) is 4.37. The summed E-state index contributed by atoms with van der Waals surface area (Å²) in [7, 11) is 0. The van der Waals surface area contributed by atoms with Gasteiger partial charge in [0.2, 0.25) is 0 Å². The predicted octanol–water partition coefficient (Wildman–Crippen LogP) is 2.79. The number of halogens is 1. The van der Waals surface area contributed by atoms with Gasteiger partial charge in [0.25, 0.3) is 5.91 Å². The van der Waals surface area contributed by atoms with Crippen molar-refractivity contribution < 1.29 is 4.79 Å². The summed E-state index contributed by atoms with van der Waals surface area (Å²) >= 11 is 2.19. The Balaban J connectivity index is 2.43. The number of hydrogen-bond donors (Lipinski definition) is 0. The first-order valence-corrected chi connectivity index (χ1v) is 5.99. The quantitative estimate of drug-likeness (QED) is 0.756. The molecule has 0 radical (unpaired) electrons. The third-order valence-corrected chi connectivity index (χ3v) is 2.94. The van der Waals surface area contributed by atoms with Crippen molar-refractivity contribution in [2.75, 3.05) is 0 Å². The van der Waals surface area contributed by atoms with Crippen LogP contribution in [0.5, 0.6) is 0 Å². The fourth-order valence-corrected chi connectivity index (χ4v) is 2.12. The third-order valence-electron chi connectivity index (χ3n) is 2.27. The van der Waals surface area contributed by atoms with Gasteiger partial charge < -0.3 is 0 Å². The van der Waals surface area contributed by atoms with Crippen molar-refractivity contribution in [2.24, 2.45) is 0 Å². The van der Waals surface area contributed by atoms with E-state index < -0.39 is 0 Å². The van der Waals surface area contributed by atoms with E-state index in [4.69, 9.17) is 0 Å². The Kier molecular flexibility index (Phi) is 3.09. The SMILES string of the molecule is Cc1cc(C)n(C(=O)c2cccc(I)c2)n1. The summed E-state index contributed by atoms with van der Waals surface area (Å²) in [6, 6.07) is 9.39. The zero-order valence-electron chi connectivity index (χ0n) is 9.07. The van der Waals surface area contributed by atoms with Crippen LogP contribution in [-0.2, 0) is 0 Å². The lowest BCUT2D eigenvalue weighted by molar-refractivity contribution is 0.0942. The van der Waals surface area contributed by atoms with Crippen LogP contribution in [0.25, 0.3) is 0 Å². The van der Waals surface area contributed by atoms with Crippen LogP contribution in [0.4, 0.5) is 0 Å². The standard InChI is InChI=1S/C12H11IN2O/c1-8-6-9(2)15(14-8)12(16)10-4-3-5-11(13)7-10/h3-7H,1-2H3. The van der Waals surface area contributed by atoms with Crippen LogP contribution in [0.1, 0.15) is 21.7 Å². The molecule has 1 aromatic carbocycles. The number of hydrogen-bond acceptors (Lipinski definition) is 2. The van der Waals surface area contributed by atoms with Gasteiger partial charge in [-0.05, 0) is 60.7 Å². The first kappa shape index (κ1) is 11.3. The van der Waals surface area contributed by atoms with Crippen molar-refractivity contribution in [1.29, 1.82) is 0 Å². The highest BCUT2D eigenvalue weighted by atomic mass is 127. The lowest BCUT2D eigenvalue weighted by Crippen LogP contribution is -2.15. The largest absolute Gasteiger partial charge is 0.278 e. The highest BCUT2D eigenvalue weighted by molar-refractivity contribution is 14.1. The molecule has 0 fully saturated rings. The van der Waals surface area contributed by atoms with Crippen molar-refractivity contribution in [1.82, 2.24) is 9.78 Å². The predicted molar refractivity (Wildman–Crippen MR) is 70.6 cm³/mol. The van der Waals surface area contributed by atoms with E-state index >= 15 is 0 Å². The summed E-state index contributed by atoms with van der Waals surface area (Å²) < 4.78 is 2.49. The Bertz CT molecular complexity index is 546. The number of nitrogens with zero attached hydrogens (tertiary/aromatic N) is 2. The summed E-state index contributed by atoms with van der Waals surface area (Å²) in [5.41, 5.74) is 2.39. The molecule has 0 aliphatic heterocycles. The van der Waals surface area contributed by atoms with E-state index in [1.165, 1.54) is 4.68 Å². The minimum absolute atomic E-state index is 0.0795. The van der Waals surface area contributed by atoms with Crippen LogP contribution < -0.4 is 0 Å². The third kappa shape index (κ3) is 2.16. The van der Waals surface area contributed by atoms with Crippen molar-refractivity contribution in [2.45, 2.75) is 13.8 Å². The summed E-state index contributed by atoms with van der Waals surface area (Å²) in [4.78, 5) is 12.1. The van der Waals surface area contributed by atoms with E-state index in [1.807, 2.05) is 38.1 Å². The summed E-state index contributed by atoms with van der Waals surface area (Å²) in [5.74, 6) is -0.0795. The van der Waals surface area contributed by atoms with Gasteiger partial charge in [-0.15, -0.1) is 0 Å². The molecule has 0 bridgehead atoms. The number of carbonyl (C=O) groups is 1. The fraction of sp³-hybridized carbons (Fsp3) is 0.167. The van der Waals surface area contributed by atoms with Gasteiger partial charge in [0.05, 0.1) is 5.69 Å². The minimum Gasteiger partial charge on any atom is -0.267 e. The number of benzene rings is 1. The molecule has 82 valence electrons. The average molecular weight is 326 g/mol. The van der Waals surface area contributed by atoms with E-state index in [2.05, 4.69) is 27.7 Å². The number of rotatable bonds is 1. The highest BCUT2D eigenvalue weighted by Crippen LogP contribution is 2.11. The fourth-order valence-electron chi connectivity index (χ4n) is 1.58. The lowest BCUT2D eigenvalue weighted by atomic mass is 10.2. The summed E-state index contributed by atoms with van der Waals surface area (Å²) in [6.07, 6.45) is 0. The first-order chi connectivity index (χ1) is 7.58. The van der Waals surface area contributed by atoms with E-state index in [1.54, 1.807) is 6.07 Å². The van der Waals surface area contributed by atoms with Crippen molar-refractivity contribution in [3.63, 3.8) is 0 Å². The van der Waals surface area contributed by atoms with Gasteiger partial charge in [0, 0.05) is 14.8 Å². The average Bonchev–Trinajstić information content (AvgIpc) is 2.57. The smallest absolute Gasteiger partial charge is 0.267 e. The minimum atomic E-state index is -0.0795. The number of aryl methyl sites for hydroxylation is 2. The maximum absolute atomic E-state index is 12.1. The Morgan fingerprint density at radius 3 is 2.62 bits per heavy atom. The molecule has 3 nitrogen and oxygen atoms in total. The molecule has 1 aromatic heterocycles. The van der Waals surface area contributed by atoms with Crippen LogP contribution in [0.15, 0.2) is 30.3 Å². The van der Waals surface area contributed by atoms with Gasteiger partial charge in [-0.2, -0.15) is 5.10 Å². The van der Waals surface area contributed by atoms with Gasteiger partial charge >= 0.3 is 0 Å². The maximum Gasteiger partial charge on any atom is 0.278 e. The monoisotopic (exact) mass is 326 g/mol. The molecule has 0 unspecified atom stereocenters. The van der Waals surface area contributed by atoms with Crippen LogP contribution in [0.2, 0.25) is 0 Å². The molecular weight excluding hydrogens is 315 g/mol. The van der Waals surface area contributed by atoms with Gasteiger partial charge in [-0.3, -0.25) is 4.79 Å². The second-order valence-electron chi connectivity index (χ2n) is 3.65. The Labute approximate surface area is 108 Å². The molecule has 2 aromatic rings. The van der Waals surface area contributed by atoms with E-state index in [0.717, 1.165) is 15.0 Å². The van der Waals surface area contributed by atoms with Crippen molar-refractivity contribution >= 4 is 28.5 Å². The zero-order valence-corrected chi connectivity index (χ0v) is 11.2. The molecule has 0 N–H and O–H groups in total. The van der Waals surface area contributed by atoms with Crippen molar-refractivity contribution in [3.8, 4) is 0 Å². The number of carbonyl (C=O) groups excluding carboxylic acids is 1. The first-order valence-electron chi connectivity index (χ1n) is 4.91. The molecule has 16 heavy (non-hydrogen) atoms. The van der Waals surface area contributed by atoms with Gasteiger partial charge in [0.1, 0.15) is 0 Å². The van der Waals surface area contributed by atoms with Gasteiger partial charge in [-0.1, -0.05) is 6.07 Å². The van der Waals surface area contributed by atoms with Crippen LogP contribution >= 0.6 is 22.6 Å². The van der Waals surface area contributed by atoms with Gasteiger partial charge in [0.15, 0.2) is 0 Å². The molecular formula is C12H11IN2O. The normalized spacial score (nSPS) is 10.4. The van der Waals surface area contributed by atoms with Crippen LogP contribution in [0.3, 0.4) is 0 Å². The Morgan fingerprint density at radius 2 is 2.06 bits per heavy atom. The molecule has 0 spiro atoms. The number of aromatic nitrogens is 2. The summed E-state index contributed by atoms with van der Waals surface area (Å²) in [5, 5.41) is 4.18. The second-order valence-corrected chi connectivity index (χ2v) is 4.90.